The van der Waals surface area contributed by atoms with E-state index in [-0.39, 0.29) is 4.90 Å². The zero-order valence-corrected chi connectivity index (χ0v) is 14.6. The molecule has 128 valence electrons. The molecule has 0 bridgehead atoms. The van der Waals surface area contributed by atoms with E-state index in [9.17, 15) is 8.42 Å². The Morgan fingerprint density at radius 2 is 1.79 bits per heavy atom. The Morgan fingerprint density at radius 3 is 2.46 bits per heavy atom. The lowest BCUT2D eigenvalue weighted by Gasteiger charge is -2.18. The molecule has 0 amide bonds. The first-order valence-corrected chi connectivity index (χ1v) is 9.67. The van der Waals surface area contributed by atoms with Crippen LogP contribution in [0.5, 0.6) is 5.75 Å². The topological polar surface area (TPSA) is 58.6 Å². The summed E-state index contributed by atoms with van der Waals surface area (Å²) in [5.74, 6) is 0.660. The highest BCUT2D eigenvalue weighted by atomic mass is 32.2. The van der Waals surface area contributed by atoms with E-state index >= 15 is 0 Å². The largest absolute Gasteiger partial charge is 0.494 e. The van der Waals surface area contributed by atoms with Crippen LogP contribution in [0.15, 0.2) is 53.4 Å². The van der Waals surface area contributed by atoms with Crippen molar-refractivity contribution in [3.05, 3.63) is 48.5 Å². The second kappa shape index (κ2) is 7.13. The monoisotopic (exact) mass is 346 g/mol. The zero-order valence-electron chi connectivity index (χ0n) is 13.7. The van der Waals surface area contributed by atoms with Crippen LogP contribution in [0.3, 0.4) is 0 Å². The van der Waals surface area contributed by atoms with Crippen LogP contribution in [0.4, 0.5) is 11.4 Å². The second-order valence-corrected chi connectivity index (χ2v) is 7.44. The first-order valence-electron chi connectivity index (χ1n) is 8.19. The molecular weight excluding hydrogens is 324 g/mol. The van der Waals surface area contributed by atoms with Crippen LogP contribution in [-0.2, 0) is 10.0 Å². The Morgan fingerprint density at radius 1 is 1.08 bits per heavy atom. The summed E-state index contributed by atoms with van der Waals surface area (Å²) < 4.78 is 33.1. The van der Waals surface area contributed by atoms with Crippen LogP contribution in [0.1, 0.15) is 19.8 Å². The van der Waals surface area contributed by atoms with Crippen LogP contribution in [-0.4, -0.2) is 28.1 Å². The van der Waals surface area contributed by atoms with Gasteiger partial charge in [0.1, 0.15) is 5.75 Å². The van der Waals surface area contributed by atoms with E-state index in [1.165, 1.54) is 12.8 Å². The quantitative estimate of drug-likeness (QED) is 0.870. The Kier molecular flexibility index (Phi) is 4.94. The Hall–Kier alpha value is -2.21. The van der Waals surface area contributed by atoms with Crippen molar-refractivity contribution in [2.75, 3.05) is 29.3 Å². The van der Waals surface area contributed by atoms with Gasteiger partial charge in [-0.3, -0.25) is 4.72 Å². The average molecular weight is 346 g/mol. The smallest absolute Gasteiger partial charge is 0.261 e. The molecule has 1 aliphatic rings. The third kappa shape index (κ3) is 3.82. The Labute approximate surface area is 143 Å². The molecule has 0 radical (unpaired) electrons. The summed E-state index contributed by atoms with van der Waals surface area (Å²) in [5.41, 5.74) is 1.63. The molecule has 0 atom stereocenters. The van der Waals surface area contributed by atoms with Crippen LogP contribution in [0.25, 0.3) is 0 Å². The minimum absolute atomic E-state index is 0.220. The molecule has 0 unspecified atom stereocenters. The number of hydrogen-bond acceptors (Lipinski definition) is 4. The summed E-state index contributed by atoms with van der Waals surface area (Å²) >= 11 is 0. The van der Waals surface area contributed by atoms with Gasteiger partial charge in [-0.2, -0.15) is 0 Å². The van der Waals surface area contributed by atoms with E-state index in [2.05, 4.69) is 9.62 Å². The van der Waals surface area contributed by atoms with E-state index in [0.717, 1.165) is 18.8 Å². The first kappa shape index (κ1) is 16.6. The van der Waals surface area contributed by atoms with Crippen molar-refractivity contribution in [3.8, 4) is 5.75 Å². The first-order chi connectivity index (χ1) is 11.6. The number of hydrogen-bond donors (Lipinski definition) is 1. The highest BCUT2D eigenvalue weighted by Gasteiger charge is 2.16. The SMILES string of the molecule is CCOc1ccc(S(=O)(=O)Nc2cccc(N3CCCC3)c2)cc1. The summed E-state index contributed by atoms with van der Waals surface area (Å²) in [7, 11) is -3.61. The minimum atomic E-state index is -3.61. The molecule has 0 spiro atoms. The van der Waals surface area contributed by atoms with Crippen molar-refractivity contribution >= 4 is 21.4 Å². The normalized spacial score (nSPS) is 14.6. The number of ether oxygens (including phenoxy) is 1. The van der Waals surface area contributed by atoms with Crippen molar-refractivity contribution in [3.63, 3.8) is 0 Å². The van der Waals surface area contributed by atoms with Crippen molar-refractivity contribution < 1.29 is 13.2 Å². The predicted octanol–water partition coefficient (Wildman–Crippen LogP) is 3.49. The summed E-state index contributed by atoms with van der Waals surface area (Å²) in [6.45, 7) is 4.48. The molecule has 2 aromatic carbocycles. The minimum Gasteiger partial charge on any atom is -0.494 e. The predicted molar refractivity (Wildman–Crippen MR) is 96.3 cm³/mol. The summed E-state index contributed by atoms with van der Waals surface area (Å²) in [4.78, 5) is 2.49. The maximum Gasteiger partial charge on any atom is 0.261 e. The van der Waals surface area contributed by atoms with Crippen LogP contribution in [0, 0.1) is 0 Å². The van der Waals surface area contributed by atoms with E-state index < -0.39 is 10.0 Å². The van der Waals surface area contributed by atoms with Crippen molar-refractivity contribution in [2.24, 2.45) is 0 Å². The van der Waals surface area contributed by atoms with Crippen LogP contribution < -0.4 is 14.4 Å². The van der Waals surface area contributed by atoms with Gasteiger partial charge >= 0.3 is 0 Å². The van der Waals surface area contributed by atoms with Gasteiger partial charge in [0.15, 0.2) is 0 Å². The Bertz CT molecular complexity index is 782. The fourth-order valence-electron chi connectivity index (χ4n) is 2.84. The fourth-order valence-corrected chi connectivity index (χ4v) is 3.89. The highest BCUT2D eigenvalue weighted by Crippen LogP contribution is 2.25. The molecule has 0 aromatic heterocycles. The standard InChI is InChI=1S/C18H22N2O3S/c1-2-23-17-8-10-18(11-9-17)24(21,22)19-15-6-5-7-16(14-15)20-12-3-4-13-20/h5-11,14,19H,2-4,12-13H2,1H3. The maximum absolute atomic E-state index is 12.5. The van der Waals surface area contributed by atoms with Crippen LogP contribution >= 0.6 is 0 Å². The number of nitrogens with one attached hydrogen (secondary N) is 1. The zero-order chi connectivity index (χ0) is 17.0. The van der Waals surface area contributed by atoms with Crippen molar-refractivity contribution in [1.82, 2.24) is 0 Å². The van der Waals surface area contributed by atoms with Gasteiger partial charge in [0.05, 0.1) is 17.2 Å². The van der Waals surface area contributed by atoms with Gasteiger partial charge in [-0.05, 0) is 62.2 Å². The molecule has 2 aromatic rings. The number of anilines is 2. The molecular formula is C18H22N2O3S. The molecule has 24 heavy (non-hydrogen) atoms. The molecule has 0 saturated carbocycles. The third-order valence-corrected chi connectivity index (χ3v) is 5.41. The molecule has 5 nitrogen and oxygen atoms in total. The van der Waals surface area contributed by atoms with Gasteiger partial charge in [0, 0.05) is 18.8 Å². The lowest BCUT2D eigenvalue weighted by molar-refractivity contribution is 0.340. The number of sulfonamides is 1. The summed E-state index contributed by atoms with van der Waals surface area (Å²) in [6, 6.07) is 14.0. The van der Waals surface area contributed by atoms with Gasteiger partial charge in [-0.15, -0.1) is 0 Å². The van der Waals surface area contributed by atoms with Crippen LogP contribution in [0.2, 0.25) is 0 Å². The van der Waals surface area contributed by atoms with Crippen molar-refractivity contribution in [1.29, 1.82) is 0 Å². The molecule has 6 heteroatoms. The van der Waals surface area contributed by atoms with Crippen molar-refractivity contribution in [2.45, 2.75) is 24.7 Å². The summed E-state index contributed by atoms with van der Waals surface area (Å²) in [6.07, 6.45) is 2.37. The number of rotatable bonds is 6. The second-order valence-electron chi connectivity index (χ2n) is 5.75. The van der Waals surface area contributed by atoms with Gasteiger partial charge in [-0.25, -0.2) is 8.42 Å². The molecule has 1 heterocycles. The number of nitrogens with zero attached hydrogens (tertiary/aromatic N) is 1. The van der Waals surface area contributed by atoms with Gasteiger partial charge in [0.2, 0.25) is 0 Å². The highest BCUT2D eigenvalue weighted by molar-refractivity contribution is 7.92. The average Bonchev–Trinajstić information content (AvgIpc) is 3.10. The molecule has 3 rings (SSSR count). The molecule has 0 aliphatic carbocycles. The lowest BCUT2D eigenvalue weighted by atomic mass is 10.2. The van der Waals surface area contributed by atoms with E-state index in [0.29, 0.717) is 18.0 Å². The van der Waals surface area contributed by atoms with Gasteiger partial charge in [-0.1, -0.05) is 6.07 Å². The maximum atomic E-state index is 12.5. The van der Waals surface area contributed by atoms with E-state index in [1.807, 2.05) is 25.1 Å². The Balaban J connectivity index is 1.77. The van der Waals surface area contributed by atoms with Gasteiger partial charge < -0.3 is 9.64 Å². The molecule has 1 fully saturated rings. The third-order valence-electron chi connectivity index (χ3n) is 4.01. The van der Waals surface area contributed by atoms with Gasteiger partial charge in [0.25, 0.3) is 10.0 Å². The molecule has 1 saturated heterocycles. The summed E-state index contributed by atoms with van der Waals surface area (Å²) in [5, 5.41) is 0. The number of benzene rings is 2. The lowest BCUT2D eigenvalue weighted by Crippen LogP contribution is -2.18. The molecule has 1 aliphatic heterocycles. The molecule has 1 N–H and O–H groups in total. The van der Waals surface area contributed by atoms with E-state index in [4.69, 9.17) is 4.74 Å². The van der Waals surface area contributed by atoms with E-state index in [1.54, 1.807) is 30.3 Å². The fraction of sp³-hybridized carbons (Fsp3) is 0.333.